The molecule has 1 aromatic carbocycles. The van der Waals surface area contributed by atoms with E-state index in [2.05, 4.69) is 57.0 Å². The lowest BCUT2D eigenvalue weighted by Gasteiger charge is -2.11. The molecule has 0 bridgehead atoms. The van der Waals surface area contributed by atoms with E-state index in [1.54, 1.807) is 24.4 Å². The maximum Gasteiger partial charge on any atom is 0.229 e. The normalized spacial score (nSPS) is 10.6. The molecule has 1 amide bonds. The van der Waals surface area contributed by atoms with Gasteiger partial charge < -0.3 is 16.0 Å². The van der Waals surface area contributed by atoms with Crippen LogP contribution in [0.25, 0.3) is 0 Å². The van der Waals surface area contributed by atoms with Gasteiger partial charge in [0.1, 0.15) is 13.9 Å². The van der Waals surface area contributed by atoms with Crippen molar-refractivity contribution in [3.63, 3.8) is 0 Å². The highest BCUT2D eigenvalue weighted by Gasteiger charge is 2.10. The first-order valence-corrected chi connectivity index (χ1v) is 13.0. The molecule has 1 aromatic heterocycles. The van der Waals surface area contributed by atoms with E-state index in [-0.39, 0.29) is 5.91 Å². The van der Waals surface area contributed by atoms with Gasteiger partial charge in [0, 0.05) is 25.7 Å². The molecule has 0 unspecified atom stereocenters. The molecule has 2 aromatic rings. The third-order valence-corrected chi connectivity index (χ3v) is 4.94. The molecule has 1 heterocycles. The van der Waals surface area contributed by atoms with Crippen LogP contribution in [0.4, 0.5) is 17.5 Å². The summed E-state index contributed by atoms with van der Waals surface area (Å²) in [5.41, 5.74) is 4.75. The summed E-state index contributed by atoms with van der Waals surface area (Å²) < 4.78 is 0. The summed E-state index contributed by atoms with van der Waals surface area (Å²) in [6, 6.07) is 5.20. The van der Waals surface area contributed by atoms with Crippen molar-refractivity contribution < 1.29 is 4.79 Å². The minimum Gasteiger partial charge on any atom is -0.367 e. The quantitative estimate of drug-likeness (QED) is 0.358. The van der Waals surface area contributed by atoms with E-state index in [1.807, 2.05) is 0 Å². The minimum absolute atomic E-state index is 0.0785. The predicted octanol–water partition coefficient (Wildman–Crippen LogP) is 4.30. The van der Waals surface area contributed by atoms with Gasteiger partial charge in [-0.1, -0.05) is 48.8 Å². The lowest BCUT2D eigenvalue weighted by Crippen LogP contribution is -2.26. The Morgan fingerprint density at radius 3 is 2.57 bits per heavy atom. The van der Waals surface area contributed by atoms with E-state index in [1.165, 1.54) is 6.92 Å². The van der Waals surface area contributed by atoms with E-state index >= 15 is 0 Å². The largest absolute Gasteiger partial charge is 0.367 e. The van der Waals surface area contributed by atoms with E-state index in [0.717, 1.165) is 5.69 Å². The van der Waals surface area contributed by atoms with Gasteiger partial charge in [0.2, 0.25) is 11.9 Å². The van der Waals surface area contributed by atoms with Gasteiger partial charge in [0.15, 0.2) is 0 Å². The zero-order valence-corrected chi connectivity index (χ0v) is 18.8. The number of halogens is 2. The molecular weight excluding hydrogens is 413 g/mol. The number of nitrogens with one attached hydrogen (secondary N) is 3. The van der Waals surface area contributed by atoms with Crippen LogP contribution < -0.4 is 16.0 Å². The van der Waals surface area contributed by atoms with Crippen molar-refractivity contribution in [3.05, 3.63) is 40.0 Å². The number of anilines is 3. The van der Waals surface area contributed by atoms with Gasteiger partial charge in [0.05, 0.1) is 21.8 Å². The first kappa shape index (κ1) is 22.0. The van der Waals surface area contributed by atoms with Crippen molar-refractivity contribution >= 4 is 54.6 Å². The minimum atomic E-state index is -1.55. The molecule has 3 N–H and O–H groups in total. The fraction of sp³-hybridized carbons (Fsp3) is 0.316. The average molecular weight is 436 g/mol. The number of amides is 1. The average Bonchev–Trinajstić information content (AvgIpc) is 2.60. The summed E-state index contributed by atoms with van der Waals surface area (Å²) in [7, 11) is -1.55. The number of carbonyl (C=O) groups is 1. The second kappa shape index (κ2) is 9.78. The van der Waals surface area contributed by atoms with Crippen LogP contribution in [0.1, 0.15) is 12.5 Å². The standard InChI is InChI=1S/C19H23Cl2N5OSi/c1-13(27)22-8-9-23-18-14(7-10-28(2,3)4)12-24-19(26-18)25-15-5-6-16(20)17(21)11-15/h5-6,11-12H,8-9H2,1-4H3,(H,22,27)(H2,23,24,25,26). The third-order valence-electron chi connectivity index (χ3n) is 3.33. The molecular formula is C19H23Cl2N5OSi. The van der Waals surface area contributed by atoms with Gasteiger partial charge in [-0.2, -0.15) is 4.98 Å². The van der Waals surface area contributed by atoms with Crippen LogP contribution in [0, 0.1) is 11.5 Å². The third kappa shape index (κ3) is 7.39. The Labute approximate surface area is 176 Å². The van der Waals surface area contributed by atoms with Gasteiger partial charge in [-0.25, -0.2) is 4.98 Å². The lowest BCUT2D eigenvalue weighted by atomic mass is 10.3. The van der Waals surface area contributed by atoms with E-state index in [4.69, 9.17) is 23.2 Å². The molecule has 0 aliphatic heterocycles. The Kier molecular flexibility index (Phi) is 7.69. The van der Waals surface area contributed by atoms with Gasteiger partial charge in [0.25, 0.3) is 0 Å². The van der Waals surface area contributed by atoms with Crippen LogP contribution in [0.15, 0.2) is 24.4 Å². The Morgan fingerprint density at radius 1 is 1.18 bits per heavy atom. The highest BCUT2D eigenvalue weighted by Crippen LogP contribution is 2.26. The molecule has 28 heavy (non-hydrogen) atoms. The second-order valence-corrected chi connectivity index (χ2v) is 12.7. The molecule has 9 heteroatoms. The Morgan fingerprint density at radius 2 is 1.93 bits per heavy atom. The molecule has 0 saturated carbocycles. The summed E-state index contributed by atoms with van der Waals surface area (Å²) >= 11 is 12.0. The summed E-state index contributed by atoms with van der Waals surface area (Å²) in [5, 5.41) is 9.98. The first-order valence-electron chi connectivity index (χ1n) is 8.74. The molecule has 0 radical (unpaired) electrons. The van der Waals surface area contributed by atoms with Crippen molar-refractivity contribution in [1.29, 1.82) is 0 Å². The molecule has 148 valence electrons. The van der Waals surface area contributed by atoms with Crippen LogP contribution in [-0.2, 0) is 4.79 Å². The lowest BCUT2D eigenvalue weighted by molar-refractivity contribution is -0.118. The monoisotopic (exact) mass is 435 g/mol. The first-order chi connectivity index (χ1) is 13.1. The van der Waals surface area contributed by atoms with Gasteiger partial charge >= 0.3 is 0 Å². The molecule has 2 rings (SSSR count). The number of aromatic nitrogens is 2. The van der Waals surface area contributed by atoms with Crippen LogP contribution in [0.3, 0.4) is 0 Å². The number of rotatable bonds is 6. The van der Waals surface area contributed by atoms with Crippen molar-refractivity contribution in [2.45, 2.75) is 26.6 Å². The summed E-state index contributed by atoms with van der Waals surface area (Å²) in [5.74, 6) is 4.11. The number of benzene rings is 1. The van der Waals surface area contributed by atoms with Crippen molar-refractivity contribution in [2.75, 3.05) is 23.7 Å². The molecule has 0 aliphatic carbocycles. The topological polar surface area (TPSA) is 78.9 Å². The van der Waals surface area contributed by atoms with Crippen molar-refractivity contribution in [3.8, 4) is 11.5 Å². The van der Waals surface area contributed by atoms with E-state index in [0.29, 0.717) is 40.5 Å². The molecule has 0 atom stereocenters. The summed E-state index contributed by atoms with van der Waals surface area (Å²) in [4.78, 5) is 19.9. The molecule has 0 aliphatic rings. The Balaban J connectivity index is 2.24. The smallest absolute Gasteiger partial charge is 0.229 e. The second-order valence-electron chi connectivity index (χ2n) is 7.12. The van der Waals surface area contributed by atoms with Crippen LogP contribution in [-0.4, -0.2) is 37.0 Å². The van der Waals surface area contributed by atoms with Crippen LogP contribution >= 0.6 is 23.2 Å². The van der Waals surface area contributed by atoms with Crippen LogP contribution in [0.5, 0.6) is 0 Å². The van der Waals surface area contributed by atoms with Crippen molar-refractivity contribution in [2.24, 2.45) is 0 Å². The van der Waals surface area contributed by atoms with Gasteiger partial charge in [-0.15, -0.1) is 5.54 Å². The fourth-order valence-electron chi connectivity index (χ4n) is 2.05. The summed E-state index contributed by atoms with van der Waals surface area (Å²) in [6.07, 6.45) is 1.68. The maximum absolute atomic E-state index is 11.0. The van der Waals surface area contributed by atoms with E-state index in [9.17, 15) is 4.79 Å². The van der Waals surface area contributed by atoms with Gasteiger partial charge in [-0.3, -0.25) is 4.79 Å². The fourth-order valence-corrected chi connectivity index (χ4v) is 2.85. The van der Waals surface area contributed by atoms with Crippen LogP contribution in [0.2, 0.25) is 29.7 Å². The molecule has 0 fully saturated rings. The SMILES string of the molecule is CC(=O)NCCNc1nc(Nc2ccc(Cl)c(Cl)c2)ncc1C#C[Si](C)(C)C. The highest BCUT2D eigenvalue weighted by molar-refractivity contribution is 6.83. The van der Waals surface area contributed by atoms with Crippen molar-refractivity contribution in [1.82, 2.24) is 15.3 Å². The zero-order chi connectivity index (χ0) is 20.7. The number of hydrogen-bond donors (Lipinski definition) is 3. The summed E-state index contributed by atoms with van der Waals surface area (Å²) in [6.45, 7) is 9.00. The number of hydrogen-bond acceptors (Lipinski definition) is 5. The maximum atomic E-state index is 11.0. The number of carbonyl (C=O) groups excluding carboxylic acids is 1. The molecule has 0 spiro atoms. The Bertz CT molecular complexity index is 919. The molecule has 0 saturated heterocycles. The Hall–Kier alpha value is -2.27. The zero-order valence-electron chi connectivity index (χ0n) is 16.3. The number of nitrogens with zero attached hydrogens (tertiary/aromatic N) is 2. The van der Waals surface area contributed by atoms with E-state index < -0.39 is 8.07 Å². The molecule has 6 nitrogen and oxygen atoms in total. The predicted molar refractivity (Wildman–Crippen MR) is 119 cm³/mol. The highest BCUT2D eigenvalue weighted by atomic mass is 35.5. The van der Waals surface area contributed by atoms with Gasteiger partial charge in [-0.05, 0) is 18.2 Å².